The number of nitrogens with zero attached hydrogens (tertiary/aromatic N) is 6. The van der Waals surface area contributed by atoms with Crippen LogP contribution >= 0.6 is 0 Å². The lowest BCUT2D eigenvalue weighted by atomic mass is 10.1. The fourth-order valence-electron chi connectivity index (χ4n) is 5.73. The molecule has 1 atom stereocenters. The highest BCUT2D eigenvalue weighted by Crippen LogP contribution is 2.33. The van der Waals surface area contributed by atoms with Gasteiger partial charge in [0.05, 0.1) is 16.8 Å². The second kappa shape index (κ2) is 10.5. The summed E-state index contributed by atoms with van der Waals surface area (Å²) in [6.07, 6.45) is 7.37. The summed E-state index contributed by atoms with van der Waals surface area (Å²) in [6.45, 7) is 9.42. The zero-order valence-electron chi connectivity index (χ0n) is 21.7. The second-order valence-corrected chi connectivity index (χ2v) is 10.4. The lowest BCUT2D eigenvalue weighted by Crippen LogP contribution is -2.38. The fourth-order valence-corrected chi connectivity index (χ4v) is 5.73. The molecule has 1 saturated heterocycles. The van der Waals surface area contributed by atoms with E-state index in [4.69, 9.17) is 15.1 Å². The average molecular weight is 493 g/mol. The maximum atomic E-state index is 13.6. The molecule has 3 aromatic rings. The minimum atomic E-state index is -0.277. The molecule has 1 aliphatic carbocycles. The van der Waals surface area contributed by atoms with E-state index in [-0.39, 0.29) is 17.7 Å². The van der Waals surface area contributed by atoms with Crippen LogP contribution in [0.5, 0.6) is 0 Å². The SMILES string of the molecule is CCCC(C)c1nc(N2CCCN(C(=O)C3CCCC3)CC2)c2c(C)nn(-c3ccc(F)cc3)c2n1. The van der Waals surface area contributed by atoms with E-state index in [1.165, 1.54) is 25.0 Å². The van der Waals surface area contributed by atoms with Crippen LogP contribution < -0.4 is 4.90 Å². The van der Waals surface area contributed by atoms with Crippen molar-refractivity contribution in [3.8, 4) is 5.69 Å². The third kappa shape index (κ3) is 4.82. The van der Waals surface area contributed by atoms with Crippen LogP contribution in [0.4, 0.5) is 10.2 Å². The van der Waals surface area contributed by atoms with Crippen LogP contribution in [0.1, 0.15) is 76.2 Å². The number of fused-ring (bicyclic) bond motifs is 1. The van der Waals surface area contributed by atoms with Crippen LogP contribution in [-0.4, -0.2) is 56.7 Å². The third-order valence-electron chi connectivity index (χ3n) is 7.75. The van der Waals surface area contributed by atoms with Crippen LogP contribution in [0.3, 0.4) is 0 Å². The summed E-state index contributed by atoms with van der Waals surface area (Å²) in [5.41, 5.74) is 2.38. The van der Waals surface area contributed by atoms with Crippen molar-refractivity contribution in [2.45, 2.75) is 71.6 Å². The lowest BCUT2D eigenvalue weighted by Gasteiger charge is -2.25. The molecule has 0 radical (unpaired) electrons. The van der Waals surface area contributed by atoms with E-state index in [1.54, 1.807) is 12.1 Å². The van der Waals surface area contributed by atoms with Gasteiger partial charge in [-0.3, -0.25) is 4.79 Å². The molecule has 8 heteroatoms. The molecule has 0 spiro atoms. The minimum absolute atomic E-state index is 0.208. The lowest BCUT2D eigenvalue weighted by molar-refractivity contribution is -0.135. The molecular formula is C28H37FN6O. The second-order valence-electron chi connectivity index (χ2n) is 10.4. The number of halogens is 1. The van der Waals surface area contributed by atoms with Crippen molar-refractivity contribution in [2.24, 2.45) is 5.92 Å². The first-order valence-electron chi connectivity index (χ1n) is 13.5. The first kappa shape index (κ1) is 24.7. The van der Waals surface area contributed by atoms with Crippen molar-refractivity contribution < 1.29 is 9.18 Å². The normalized spacial score (nSPS) is 18.1. The summed E-state index contributed by atoms with van der Waals surface area (Å²) < 4.78 is 15.4. The molecule has 5 rings (SSSR count). The maximum absolute atomic E-state index is 13.6. The van der Waals surface area contributed by atoms with E-state index in [0.717, 1.165) is 85.8 Å². The molecule has 36 heavy (non-hydrogen) atoms. The van der Waals surface area contributed by atoms with E-state index in [9.17, 15) is 9.18 Å². The van der Waals surface area contributed by atoms with Gasteiger partial charge >= 0.3 is 0 Å². The standard InChI is InChI=1S/C28H37FN6O/c1-4-8-19(2)25-30-26(33-15-7-16-34(18-17-33)28(36)21-9-5-6-10-21)24-20(3)32-35(27(24)31-25)23-13-11-22(29)12-14-23/h11-14,19,21H,4-10,15-18H2,1-3H3. The molecule has 7 nitrogen and oxygen atoms in total. The Hall–Kier alpha value is -3.03. The van der Waals surface area contributed by atoms with E-state index in [2.05, 4.69) is 23.6 Å². The summed E-state index contributed by atoms with van der Waals surface area (Å²) in [5, 5.41) is 5.74. The number of carbonyl (C=O) groups is 1. The van der Waals surface area contributed by atoms with Gasteiger partial charge in [0.15, 0.2) is 5.65 Å². The van der Waals surface area contributed by atoms with Gasteiger partial charge in [0.2, 0.25) is 5.91 Å². The molecule has 2 aromatic heterocycles. The fraction of sp³-hybridized carbons (Fsp3) is 0.571. The molecule has 1 aromatic carbocycles. The van der Waals surface area contributed by atoms with E-state index >= 15 is 0 Å². The molecule has 3 heterocycles. The van der Waals surface area contributed by atoms with Gasteiger partial charge in [-0.1, -0.05) is 33.1 Å². The van der Waals surface area contributed by atoms with Gasteiger partial charge in [0.25, 0.3) is 0 Å². The number of aromatic nitrogens is 4. The highest BCUT2D eigenvalue weighted by molar-refractivity contribution is 5.91. The van der Waals surface area contributed by atoms with E-state index in [0.29, 0.717) is 12.5 Å². The number of aryl methyl sites for hydroxylation is 1. The predicted molar refractivity (Wildman–Crippen MR) is 140 cm³/mol. The van der Waals surface area contributed by atoms with Gasteiger partial charge in [-0.15, -0.1) is 0 Å². The zero-order chi connectivity index (χ0) is 25.2. The Kier molecular flexibility index (Phi) is 7.21. The number of carbonyl (C=O) groups excluding carboxylic acids is 1. The first-order chi connectivity index (χ1) is 17.5. The monoisotopic (exact) mass is 492 g/mol. The molecule has 192 valence electrons. The average Bonchev–Trinajstić information content (AvgIpc) is 3.45. The van der Waals surface area contributed by atoms with Crippen molar-refractivity contribution in [1.29, 1.82) is 0 Å². The van der Waals surface area contributed by atoms with Crippen LogP contribution in [0, 0.1) is 18.7 Å². The summed E-state index contributed by atoms with van der Waals surface area (Å²) in [4.78, 5) is 27.6. The highest BCUT2D eigenvalue weighted by Gasteiger charge is 2.30. The molecular weight excluding hydrogens is 455 g/mol. The molecule has 2 fully saturated rings. The van der Waals surface area contributed by atoms with Gasteiger partial charge in [0, 0.05) is 38.0 Å². The Morgan fingerprint density at radius 2 is 1.81 bits per heavy atom. The Morgan fingerprint density at radius 1 is 1.06 bits per heavy atom. The molecule has 1 saturated carbocycles. The van der Waals surface area contributed by atoms with Crippen LogP contribution in [-0.2, 0) is 4.79 Å². The third-order valence-corrected chi connectivity index (χ3v) is 7.75. The maximum Gasteiger partial charge on any atom is 0.225 e. The summed E-state index contributed by atoms with van der Waals surface area (Å²) in [5.74, 6) is 2.19. The van der Waals surface area contributed by atoms with Gasteiger partial charge in [0.1, 0.15) is 17.5 Å². The van der Waals surface area contributed by atoms with Crippen molar-refractivity contribution in [3.05, 3.63) is 41.6 Å². The number of rotatable bonds is 6. The smallest absolute Gasteiger partial charge is 0.225 e. The van der Waals surface area contributed by atoms with Gasteiger partial charge in [-0.05, 0) is 56.9 Å². The number of amides is 1. The van der Waals surface area contributed by atoms with Crippen molar-refractivity contribution in [2.75, 3.05) is 31.1 Å². The molecule has 1 aliphatic heterocycles. The van der Waals surface area contributed by atoms with Gasteiger partial charge in [-0.25, -0.2) is 19.0 Å². The Labute approximate surface area is 212 Å². The topological polar surface area (TPSA) is 67.2 Å². The van der Waals surface area contributed by atoms with Crippen molar-refractivity contribution in [1.82, 2.24) is 24.6 Å². The predicted octanol–water partition coefficient (Wildman–Crippen LogP) is 5.40. The first-order valence-corrected chi connectivity index (χ1v) is 13.5. The Balaban J connectivity index is 1.52. The molecule has 2 aliphatic rings. The Bertz CT molecular complexity index is 1220. The molecule has 1 unspecified atom stereocenters. The molecule has 1 amide bonds. The molecule has 0 N–H and O–H groups in total. The number of anilines is 1. The molecule has 0 bridgehead atoms. The van der Waals surface area contributed by atoms with Crippen LogP contribution in [0.2, 0.25) is 0 Å². The van der Waals surface area contributed by atoms with E-state index in [1.807, 2.05) is 11.6 Å². The largest absolute Gasteiger partial charge is 0.354 e. The van der Waals surface area contributed by atoms with Gasteiger partial charge in [-0.2, -0.15) is 5.10 Å². The summed E-state index contributed by atoms with van der Waals surface area (Å²) >= 11 is 0. The van der Waals surface area contributed by atoms with Crippen LogP contribution in [0.25, 0.3) is 16.7 Å². The number of benzene rings is 1. The number of hydrogen-bond acceptors (Lipinski definition) is 5. The minimum Gasteiger partial charge on any atom is -0.354 e. The quantitative estimate of drug-likeness (QED) is 0.461. The van der Waals surface area contributed by atoms with E-state index < -0.39 is 0 Å². The Morgan fingerprint density at radius 3 is 2.53 bits per heavy atom. The van der Waals surface area contributed by atoms with Gasteiger partial charge < -0.3 is 9.80 Å². The highest BCUT2D eigenvalue weighted by atomic mass is 19.1. The van der Waals surface area contributed by atoms with Crippen molar-refractivity contribution >= 4 is 22.8 Å². The summed E-state index contributed by atoms with van der Waals surface area (Å²) in [6, 6.07) is 6.37. The number of hydrogen-bond donors (Lipinski definition) is 0. The van der Waals surface area contributed by atoms with Crippen LogP contribution in [0.15, 0.2) is 24.3 Å². The summed E-state index contributed by atoms with van der Waals surface area (Å²) in [7, 11) is 0. The van der Waals surface area contributed by atoms with Crippen molar-refractivity contribution in [3.63, 3.8) is 0 Å². The zero-order valence-corrected chi connectivity index (χ0v) is 21.7.